The molecule has 4 aromatic carbocycles. The summed E-state index contributed by atoms with van der Waals surface area (Å²) in [6.45, 7) is 2.31. The molecule has 0 fully saturated rings. The van der Waals surface area contributed by atoms with E-state index in [1.165, 1.54) is 50.1 Å². The largest absolute Gasteiger partial charge is 1.00 e. The first-order valence-corrected chi connectivity index (χ1v) is 12.1. The minimum atomic E-state index is -0.105. The van der Waals surface area contributed by atoms with Gasteiger partial charge in [0.2, 0.25) is 0 Å². The standard InChI is InChI=1S/C30H27.3ClH.Ti/c1-2-3-22-30(23-14-6-4-7-15-23,24-16-8-5-9-17-24)29-27-20-12-10-18-25(27)26-19-11-13-21-28(26)29;;;;/h4-20,29H,2-3,22H2,1H3;3*1H;/q;;;;+3/p-3. The van der Waals surface area contributed by atoms with Gasteiger partial charge in [-0.15, -0.1) is 0 Å². The van der Waals surface area contributed by atoms with Crippen molar-refractivity contribution in [3.8, 4) is 11.1 Å². The first-order valence-electron chi connectivity index (χ1n) is 11.3. The van der Waals surface area contributed by atoms with Crippen LogP contribution >= 0.6 is 0 Å². The van der Waals surface area contributed by atoms with E-state index in [0.717, 1.165) is 6.42 Å². The van der Waals surface area contributed by atoms with Crippen LogP contribution < -0.4 is 41.1 Å². The van der Waals surface area contributed by atoms with Gasteiger partial charge in [-0.3, -0.25) is 0 Å². The summed E-state index contributed by atoms with van der Waals surface area (Å²) in [4.78, 5) is 0. The predicted molar refractivity (Wildman–Crippen MR) is 127 cm³/mol. The number of fused-ring (bicyclic) bond motifs is 3. The molecule has 0 saturated carbocycles. The predicted octanol–water partition coefficient (Wildman–Crippen LogP) is -1.84. The van der Waals surface area contributed by atoms with E-state index in [4.69, 9.17) is 0 Å². The SMILES string of the molecule is CCCCC(c1ccccc1)(c1ccccc1)C1c2ccccc2-c2ccc[c]([Ti+3])c21.[Cl-].[Cl-].[Cl-]. The molecule has 0 heterocycles. The van der Waals surface area contributed by atoms with Gasteiger partial charge < -0.3 is 37.2 Å². The molecule has 0 aromatic heterocycles. The molecule has 34 heavy (non-hydrogen) atoms. The summed E-state index contributed by atoms with van der Waals surface area (Å²) < 4.78 is 1.39. The monoisotopic (exact) mass is 540 g/mol. The van der Waals surface area contributed by atoms with Gasteiger partial charge in [-0.25, -0.2) is 0 Å². The maximum Gasteiger partial charge on any atom is -1.00 e. The van der Waals surface area contributed by atoms with Crippen LogP contribution in [0.5, 0.6) is 0 Å². The van der Waals surface area contributed by atoms with Crippen molar-refractivity contribution in [2.24, 2.45) is 0 Å². The fourth-order valence-electron chi connectivity index (χ4n) is 5.63. The van der Waals surface area contributed by atoms with Gasteiger partial charge in [-0.2, -0.15) is 0 Å². The van der Waals surface area contributed by atoms with Gasteiger partial charge in [0, 0.05) is 0 Å². The number of hydrogen-bond acceptors (Lipinski definition) is 0. The molecule has 0 radical (unpaired) electrons. The summed E-state index contributed by atoms with van der Waals surface area (Å²) >= 11 is 2.29. The Morgan fingerprint density at radius 1 is 0.647 bits per heavy atom. The van der Waals surface area contributed by atoms with Crippen molar-refractivity contribution in [1.82, 2.24) is 0 Å². The van der Waals surface area contributed by atoms with Crippen molar-refractivity contribution in [1.29, 1.82) is 0 Å². The second-order valence-electron chi connectivity index (χ2n) is 8.59. The van der Waals surface area contributed by atoms with Crippen LogP contribution in [0.3, 0.4) is 0 Å². The van der Waals surface area contributed by atoms with E-state index >= 15 is 0 Å². The molecule has 1 atom stereocenters. The summed E-state index contributed by atoms with van der Waals surface area (Å²) in [5.74, 6) is 0.302. The van der Waals surface area contributed by atoms with E-state index in [2.05, 4.69) is 130 Å². The van der Waals surface area contributed by atoms with E-state index in [1.807, 2.05) is 0 Å². The van der Waals surface area contributed by atoms with Crippen LogP contribution in [0.15, 0.2) is 103 Å². The molecule has 0 spiro atoms. The summed E-state index contributed by atoms with van der Waals surface area (Å²) in [7, 11) is 0. The van der Waals surface area contributed by atoms with Gasteiger partial charge >= 0.3 is 198 Å². The number of hydrogen-bond donors (Lipinski definition) is 0. The molecular weight excluding hydrogens is 515 g/mol. The Morgan fingerprint density at radius 2 is 1.18 bits per heavy atom. The van der Waals surface area contributed by atoms with Crippen LogP contribution in [0, 0.1) is 0 Å². The summed E-state index contributed by atoms with van der Waals surface area (Å²) in [5.41, 5.74) is 8.53. The van der Waals surface area contributed by atoms with Crippen LogP contribution in [-0.2, 0) is 25.9 Å². The maximum absolute atomic E-state index is 2.37. The van der Waals surface area contributed by atoms with Gasteiger partial charge in [0.15, 0.2) is 0 Å². The summed E-state index contributed by atoms with van der Waals surface area (Å²) in [6.07, 6.45) is 3.52. The Kier molecular flexibility index (Phi) is 10.5. The van der Waals surface area contributed by atoms with Crippen LogP contribution in [0.25, 0.3) is 11.1 Å². The minimum Gasteiger partial charge on any atom is -1.00 e. The molecule has 0 amide bonds. The number of rotatable bonds is 6. The third-order valence-corrected chi connectivity index (χ3v) is 7.63. The molecule has 4 heteroatoms. The Hall–Kier alpha value is -1.54. The molecule has 1 unspecified atom stereocenters. The maximum atomic E-state index is 2.37. The molecule has 0 nitrogen and oxygen atoms in total. The molecule has 4 aromatic rings. The van der Waals surface area contributed by atoms with E-state index in [0.29, 0.717) is 5.92 Å². The Bertz CT molecular complexity index is 1150. The van der Waals surface area contributed by atoms with E-state index in [9.17, 15) is 0 Å². The van der Waals surface area contributed by atoms with Gasteiger partial charge in [0.1, 0.15) is 0 Å². The van der Waals surface area contributed by atoms with Crippen molar-refractivity contribution in [3.63, 3.8) is 0 Å². The summed E-state index contributed by atoms with van der Waals surface area (Å²) in [5, 5.41) is 0. The second kappa shape index (κ2) is 12.4. The van der Waals surface area contributed by atoms with Crippen molar-refractivity contribution in [3.05, 3.63) is 125 Å². The molecule has 1 aliphatic rings. The van der Waals surface area contributed by atoms with Crippen LogP contribution in [-0.4, -0.2) is 0 Å². The Morgan fingerprint density at radius 3 is 1.76 bits per heavy atom. The van der Waals surface area contributed by atoms with E-state index < -0.39 is 0 Å². The fraction of sp³-hybridized carbons (Fsp3) is 0.200. The summed E-state index contributed by atoms with van der Waals surface area (Å²) in [6, 6.07) is 38.4. The number of unbranched alkanes of at least 4 members (excludes halogenated alkanes) is 1. The Labute approximate surface area is 234 Å². The first kappa shape index (κ1) is 28.7. The first-order chi connectivity index (χ1) is 15.3. The van der Waals surface area contributed by atoms with Crippen molar-refractivity contribution in [2.75, 3.05) is 0 Å². The van der Waals surface area contributed by atoms with Crippen LogP contribution in [0.1, 0.15) is 54.4 Å². The average molecular weight is 542 g/mol. The van der Waals surface area contributed by atoms with Gasteiger partial charge in [0.05, 0.1) is 0 Å². The van der Waals surface area contributed by atoms with Crippen molar-refractivity contribution in [2.45, 2.75) is 37.5 Å². The second-order valence-corrected chi connectivity index (χ2v) is 9.44. The third kappa shape index (κ3) is 4.77. The van der Waals surface area contributed by atoms with Crippen molar-refractivity contribution < 1.29 is 57.7 Å². The van der Waals surface area contributed by atoms with Gasteiger partial charge in [-0.05, 0) is 0 Å². The van der Waals surface area contributed by atoms with Crippen LogP contribution in [0.2, 0.25) is 0 Å². The third-order valence-electron chi connectivity index (χ3n) is 6.95. The average Bonchev–Trinajstić information content (AvgIpc) is 3.17. The molecular formula is C30H27Cl3Ti. The molecule has 0 N–H and O–H groups in total. The molecule has 172 valence electrons. The zero-order valence-electron chi connectivity index (χ0n) is 19.1. The van der Waals surface area contributed by atoms with Gasteiger partial charge in [-0.1, -0.05) is 0 Å². The zero-order valence-corrected chi connectivity index (χ0v) is 23.0. The fourth-order valence-corrected chi connectivity index (χ4v) is 6.22. The normalized spacial score (nSPS) is 13.6. The Balaban J connectivity index is 0.00000136. The molecule has 1 aliphatic carbocycles. The quantitative estimate of drug-likeness (QED) is 0.252. The number of halogens is 3. The smallest absolute Gasteiger partial charge is 1.00 e. The molecule has 5 rings (SSSR count). The number of benzene rings is 4. The van der Waals surface area contributed by atoms with E-state index in [-0.39, 0.29) is 42.6 Å². The zero-order chi connectivity index (χ0) is 21.3. The topological polar surface area (TPSA) is 0 Å². The van der Waals surface area contributed by atoms with E-state index in [1.54, 1.807) is 0 Å². The van der Waals surface area contributed by atoms with Crippen LogP contribution in [0.4, 0.5) is 0 Å². The van der Waals surface area contributed by atoms with Crippen molar-refractivity contribution >= 4 is 3.87 Å². The van der Waals surface area contributed by atoms with Gasteiger partial charge in [0.25, 0.3) is 0 Å². The molecule has 0 aliphatic heterocycles. The molecule has 0 bridgehead atoms. The molecule has 0 saturated heterocycles. The minimum absolute atomic E-state index is 0.